The zero-order valence-corrected chi connectivity index (χ0v) is 13.4. The quantitative estimate of drug-likeness (QED) is 0.323. The largest absolute Gasteiger partial charge is 0.479 e. The summed E-state index contributed by atoms with van der Waals surface area (Å²) in [5.74, 6) is -1.18. The molecule has 0 amide bonds. The minimum Gasteiger partial charge on any atom is -0.479 e. The molecule has 20 heavy (non-hydrogen) atoms. The Morgan fingerprint density at radius 2 is 1.65 bits per heavy atom. The molecule has 4 N–H and O–H groups in total. The van der Waals surface area contributed by atoms with Crippen LogP contribution >= 0.6 is 24.4 Å². The van der Waals surface area contributed by atoms with Crippen molar-refractivity contribution in [2.75, 3.05) is 5.75 Å². The molecule has 0 aliphatic rings. The van der Waals surface area contributed by atoms with Gasteiger partial charge in [0.1, 0.15) is 0 Å². The van der Waals surface area contributed by atoms with Crippen LogP contribution in [0.5, 0.6) is 0 Å². The third kappa shape index (κ3) is 14.0. The Kier molecular flexibility index (Phi) is 14.8. The summed E-state index contributed by atoms with van der Waals surface area (Å²) in [6, 6.07) is 0. The number of carbonyl (C=O) groups is 2. The van der Waals surface area contributed by atoms with E-state index < -0.39 is 22.8 Å². The van der Waals surface area contributed by atoms with Crippen molar-refractivity contribution in [2.45, 2.75) is 50.4 Å². The van der Waals surface area contributed by atoms with Gasteiger partial charge in [-0.1, -0.05) is 33.1 Å². The van der Waals surface area contributed by atoms with Gasteiger partial charge in [-0.15, -0.1) is 24.4 Å². The maximum absolute atomic E-state index is 10.3. The van der Waals surface area contributed by atoms with Crippen LogP contribution in [0.1, 0.15) is 39.5 Å². The maximum Gasteiger partial charge on any atom is 0.343 e. The second-order valence-electron chi connectivity index (χ2n) is 4.15. The molecule has 0 aromatic rings. The summed E-state index contributed by atoms with van der Waals surface area (Å²) < 4.78 is 0. The van der Waals surface area contributed by atoms with Crippen LogP contribution in [-0.4, -0.2) is 49.0 Å². The standard InChI is InChI=1S/C10H20O3S.C2H4O3S/c1-3-5-6-8(4-2)7-14-10(13)9(11)12;3-1(4)2(5)6/h8,10,13H,3-7H2,1-2H3,(H,11,12);2,5-6H,(H,3,4). The molecule has 8 heteroatoms. The number of thioether (sulfide) groups is 1. The van der Waals surface area contributed by atoms with Crippen LogP contribution in [0, 0.1) is 5.92 Å². The van der Waals surface area contributed by atoms with Crippen LogP contribution in [0.4, 0.5) is 0 Å². The third-order valence-electron chi connectivity index (χ3n) is 2.47. The lowest BCUT2D eigenvalue weighted by molar-refractivity contribution is -0.142. The molecule has 0 fully saturated rings. The first-order chi connectivity index (χ1) is 9.26. The Morgan fingerprint density at radius 3 is 1.95 bits per heavy atom. The van der Waals surface area contributed by atoms with E-state index in [1.807, 2.05) is 0 Å². The molecule has 6 nitrogen and oxygen atoms in total. The lowest BCUT2D eigenvalue weighted by Crippen LogP contribution is -2.17. The predicted octanol–water partition coefficient (Wildman–Crippen LogP) is 1.66. The second-order valence-corrected chi connectivity index (χ2v) is 5.75. The van der Waals surface area contributed by atoms with Crippen molar-refractivity contribution in [3.63, 3.8) is 0 Å². The van der Waals surface area contributed by atoms with Crippen molar-refractivity contribution in [2.24, 2.45) is 5.92 Å². The van der Waals surface area contributed by atoms with Gasteiger partial charge in [0.25, 0.3) is 0 Å². The number of hydrogen-bond donors (Lipinski definition) is 5. The lowest BCUT2D eigenvalue weighted by atomic mass is 10.0. The average Bonchev–Trinajstić information content (AvgIpc) is 2.39. The molecule has 0 spiro atoms. The van der Waals surface area contributed by atoms with Gasteiger partial charge in [0.15, 0.2) is 10.9 Å². The van der Waals surface area contributed by atoms with Crippen molar-refractivity contribution in [1.29, 1.82) is 0 Å². The van der Waals surface area contributed by atoms with Crippen LogP contribution in [-0.2, 0) is 9.59 Å². The number of aliphatic carboxylic acids is 2. The molecule has 0 aliphatic carbocycles. The molecule has 3 unspecified atom stereocenters. The summed E-state index contributed by atoms with van der Waals surface area (Å²) in [6.45, 7) is 4.25. The number of aliphatic hydroxyl groups excluding tert-OH is 2. The molecule has 0 saturated heterocycles. The second kappa shape index (κ2) is 13.5. The van der Waals surface area contributed by atoms with E-state index >= 15 is 0 Å². The number of carboxylic acid groups (broad SMARTS) is 2. The summed E-state index contributed by atoms with van der Waals surface area (Å²) in [6.07, 6.45) is 4.54. The fourth-order valence-corrected chi connectivity index (χ4v) is 2.20. The van der Waals surface area contributed by atoms with Crippen molar-refractivity contribution in [3.8, 4) is 0 Å². The Morgan fingerprint density at radius 1 is 1.15 bits per heavy atom. The number of thiol groups is 1. The first-order valence-corrected chi connectivity index (χ1v) is 7.94. The van der Waals surface area contributed by atoms with Crippen LogP contribution < -0.4 is 0 Å². The van der Waals surface area contributed by atoms with Gasteiger partial charge in [-0.3, -0.25) is 0 Å². The number of unbranched alkanes of at least 4 members (excludes halogenated alkanes) is 1. The van der Waals surface area contributed by atoms with Crippen LogP contribution in [0.3, 0.4) is 0 Å². The molecule has 0 saturated carbocycles. The van der Waals surface area contributed by atoms with Gasteiger partial charge < -0.3 is 20.4 Å². The smallest absolute Gasteiger partial charge is 0.343 e. The molecular weight excluding hydrogens is 304 g/mol. The maximum atomic E-state index is 10.3. The molecule has 120 valence electrons. The number of carboxylic acids is 2. The minimum absolute atomic E-state index is 0.536. The van der Waals surface area contributed by atoms with Crippen molar-refractivity contribution in [3.05, 3.63) is 0 Å². The van der Waals surface area contributed by atoms with Crippen LogP contribution in [0.25, 0.3) is 0 Å². The SMILES string of the molecule is CCCCC(CC)CSC(O)C(=O)O.O=C(O)C(O)S. The molecule has 0 aliphatic heterocycles. The summed E-state index contributed by atoms with van der Waals surface area (Å²) >= 11 is 4.27. The number of rotatable bonds is 9. The van der Waals surface area contributed by atoms with Crippen molar-refractivity contribution >= 4 is 36.3 Å². The molecule has 0 radical (unpaired) electrons. The van der Waals surface area contributed by atoms with E-state index in [9.17, 15) is 9.59 Å². The highest BCUT2D eigenvalue weighted by atomic mass is 32.2. The highest BCUT2D eigenvalue weighted by Gasteiger charge is 2.15. The normalized spacial score (nSPS) is 14.7. The van der Waals surface area contributed by atoms with Crippen molar-refractivity contribution < 1.29 is 30.0 Å². The number of aliphatic hydroxyl groups is 2. The molecule has 0 rings (SSSR count). The van der Waals surface area contributed by atoms with Crippen molar-refractivity contribution in [1.82, 2.24) is 0 Å². The monoisotopic (exact) mass is 328 g/mol. The van der Waals surface area contributed by atoms with Gasteiger partial charge in [-0.25, -0.2) is 9.59 Å². The van der Waals surface area contributed by atoms with E-state index in [1.54, 1.807) is 0 Å². The molecule has 0 aromatic carbocycles. The van der Waals surface area contributed by atoms with Crippen LogP contribution in [0.15, 0.2) is 0 Å². The zero-order valence-electron chi connectivity index (χ0n) is 11.7. The van der Waals surface area contributed by atoms with E-state index in [-0.39, 0.29) is 0 Å². The molecule has 3 atom stereocenters. The van der Waals surface area contributed by atoms with Gasteiger partial charge in [0, 0.05) is 0 Å². The molecule has 0 aromatic heterocycles. The summed E-state index contributed by atoms with van der Waals surface area (Å²) in [7, 11) is 0. The predicted molar refractivity (Wildman–Crippen MR) is 82.0 cm³/mol. The zero-order chi connectivity index (χ0) is 16.1. The Balaban J connectivity index is 0. The van der Waals surface area contributed by atoms with Crippen LogP contribution in [0.2, 0.25) is 0 Å². The topological polar surface area (TPSA) is 115 Å². The summed E-state index contributed by atoms with van der Waals surface area (Å²) in [5.41, 5.74) is -2.80. The minimum atomic E-state index is -1.54. The van der Waals surface area contributed by atoms with E-state index in [1.165, 1.54) is 12.8 Å². The molecule has 0 bridgehead atoms. The fraction of sp³-hybridized carbons (Fsp3) is 0.833. The Labute approximate surface area is 129 Å². The first-order valence-electron chi connectivity index (χ1n) is 6.37. The van der Waals surface area contributed by atoms with E-state index in [4.69, 9.17) is 20.4 Å². The highest BCUT2D eigenvalue weighted by Crippen LogP contribution is 2.20. The van der Waals surface area contributed by atoms with Gasteiger partial charge in [-0.2, -0.15) is 0 Å². The van der Waals surface area contributed by atoms with E-state index in [0.717, 1.165) is 30.4 Å². The van der Waals surface area contributed by atoms with E-state index in [0.29, 0.717) is 5.92 Å². The summed E-state index contributed by atoms with van der Waals surface area (Å²) in [4.78, 5) is 19.7. The summed E-state index contributed by atoms with van der Waals surface area (Å²) in [5, 5.41) is 33.1. The number of hydrogen-bond acceptors (Lipinski definition) is 6. The molecular formula is C12H24O6S2. The van der Waals surface area contributed by atoms with Gasteiger partial charge in [0.2, 0.25) is 0 Å². The molecule has 0 heterocycles. The fourth-order valence-electron chi connectivity index (χ4n) is 1.20. The highest BCUT2D eigenvalue weighted by molar-refractivity contribution is 8.00. The Hall–Kier alpha value is -0.440. The van der Waals surface area contributed by atoms with Gasteiger partial charge in [0.05, 0.1) is 0 Å². The first kappa shape index (κ1) is 21.9. The van der Waals surface area contributed by atoms with E-state index in [2.05, 4.69) is 26.5 Å². The van der Waals surface area contributed by atoms with Gasteiger partial charge >= 0.3 is 11.9 Å². The lowest BCUT2D eigenvalue weighted by Gasteiger charge is -2.14. The Bertz CT molecular complexity index is 273. The average molecular weight is 328 g/mol. The van der Waals surface area contributed by atoms with Gasteiger partial charge in [-0.05, 0) is 18.1 Å². The third-order valence-corrected chi connectivity index (χ3v) is 3.87.